The molecule has 3 heterocycles. The van der Waals surface area contributed by atoms with Gasteiger partial charge in [-0.3, -0.25) is 14.6 Å². The maximum Gasteiger partial charge on any atom is 0.265 e. The largest absolute Gasteiger partial charge is 0.364 e. The van der Waals surface area contributed by atoms with Crippen LogP contribution in [-0.4, -0.2) is 58.6 Å². The van der Waals surface area contributed by atoms with Gasteiger partial charge in [-0.05, 0) is 23.6 Å². The number of nitrogens with two attached hydrogens (primary N) is 1. The van der Waals surface area contributed by atoms with E-state index in [1.165, 1.54) is 6.08 Å². The Hall–Kier alpha value is -4.46. The topological polar surface area (TPSA) is 95.1 Å². The third kappa shape index (κ3) is 4.26. The number of carbonyl (C=O) groups is 2. The van der Waals surface area contributed by atoms with Gasteiger partial charge in [0.25, 0.3) is 5.91 Å². The van der Waals surface area contributed by atoms with E-state index in [4.69, 9.17) is 10.7 Å². The molecule has 2 amide bonds. The van der Waals surface area contributed by atoms with Crippen molar-refractivity contribution in [3.05, 3.63) is 97.0 Å². The molecule has 1 aromatic heterocycles. The van der Waals surface area contributed by atoms with Crippen LogP contribution in [0.3, 0.4) is 0 Å². The second-order valence-corrected chi connectivity index (χ2v) is 8.43. The number of hydrogen-bond acceptors (Lipinski definition) is 6. The number of anilines is 1. The molecule has 8 nitrogen and oxygen atoms in total. The van der Waals surface area contributed by atoms with Crippen LogP contribution in [0, 0.1) is 0 Å². The van der Waals surface area contributed by atoms with E-state index in [1.54, 1.807) is 23.4 Å². The zero-order valence-electron chi connectivity index (χ0n) is 19.2. The highest BCUT2D eigenvalue weighted by molar-refractivity contribution is 6.08. The number of hydrogen-bond donors (Lipinski definition) is 1. The van der Waals surface area contributed by atoms with Gasteiger partial charge in [0.15, 0.2) is 6.17 Å². The Morgan fingerprint density at radius 3 is 2.49 bits per heavy atom. The fourth-order valence-electron chi connectivity index (χ4n) is 4.62. The normalized spacial score (nSPS) is 18.2. The van der Waals surface area contributed by atoms with Crippen LogP contribution < -0.4 is 10.6 Å². The van der Waals surface area contributed by atoms with Crippen molar-refractivity contribution in [2.45, 2.75) is 6.17 Å². The Morgan fingerprint density at radius 2 is 1.77 bits per heavy atom. The summed E-state index contributed by atoms with van der Waals surface area (Å²) in [5.41, 5.74) is 7.98. The summed E-state index contributed by atoms with van der Waals surface area (Å²) >= 11 is 0. The Bertz CT molecular complexity index is 1340. The molecule has 1 atom stereocenters. The molecule has 5 rings (SSSR count). The van der Waals surface area contributed by atoms with Crippen LogP contribution in [0.5, 0.6) is 0 Å². The van der Waals surface area contributed by atoms with Crippen LogP contribution >= 0.6 is 0 Å². The molecule has 2 N–H and O–H groups in total. The highest BCUT2D eigenvalue weighted by Crippen LogP contribution is 2.38. The first-order chi connectivity index (χ1) is 17.1. The van der Waals surface area contributed by atoms with Gasteiger partial charge in [0.1, 0.15) is 11.5 Å². The van der Waals surface area contributed by atoms with E-state index in [0.717, 1.165) is 22.0 Å². The maximum absolute atomic E-state index is 12.8. The van der Waals surface area contributed by atoms with Crippen LogP contribution in [0.25, 0.3) is 10.8 Å². The number of aromatic nitrogens is 1. The molecular weight excluding hydrogens is 440 g/mol. The molecule has 35 heavy (non-hydrogen) atoms. The van der Waals surface area contributed by atoms with Crippen LogP contribution in [0.4, 0.5) is 5.69 Å². The number of primary amides is 1. The van der Waals surface area contributed by atoms with E-state index in [1.807, 2.05) is 59.5 Å². The third-order valence-electron chi connectivity index (χ3n) is 6.38. The lowest BCUT2D eigenvalue weighted by Crippen LogP contribution is -2.51. The molecule has 0 radical (unpaired) electrons. The molecule has 1 saturated heterocycles. The van der Waals surface area contributed by atoms with Gasteiger partial charge in [-0.25, -0.2) is 4.99 Å². The van der Waals surface area contributed by atoms with Gasteiger partial charge in [-0.1, -0.05) is 49.0 Å². The molecule has 1 unspecified atom stereocenters. The number of amidine groups is 1. The summed E-state index contributed by atoms with van der Waals surface area (Å²) in [5.74, 6) is 0.0357. The Balaban J connectivity index is 1.60. The minimum absolute atomic E-state index is 0.0843. The number of amides is 2. The zero-order chi connectivity index (χ0) is 24.4. The van der Waals surface area contributed by atoms with Gasteiger partial charge < -0.3 is 20.4 Å². The van der Waals surface area contributed by atoms with Gasteiger partial charge in [0.05, 0.1) is 5.69 Å². The SMILES string of the molecule is C=CC(=O)N1CCN(C2=NC(c3cccnc3)N(c3cccc4ccccc34)C(C(N)=O)=C2)CC1. The summed E-state index contributed by atoms with van der Waals surface area (Å²) in [6.45, 7) is 5.86. The zero-order valence-corrected chi connectivity index (χ0v) is 19.2. The van der Waals surface area contributed by atoms with E-state index in [-0.39, 0.29) is 5.91 Å². The number of nitrogens with zero attached hydrogens (tertiary/aromatic N) is 5. The van der Waals surface area contributed by atoms with Gasteiger partial charge in [0, 0.05) is 55.6 Å². The molecule has 3 aromatic rings. The number of carbonyl (C=O) groups excluding carboxylic acids is 2. The second-order valence-electron chi connectivity index (χ2n) is 8.43. The molecule has 0 saturated carbocycles. The second kappa shape index (κ2) is 9.42. The van der Waals surface area contributed by atoms with E-state index in [0.29, 0.717) is 37.7 Å². The number of aliphatic imine (C=N–C) groups is 1. The monoisotopic (exact) mass is 466 g/mol. The van der Waals surface area contributed by atoms with Gasteiger partial charge >= 0.3 is 0 Å². The molecule has 1 fully saturated rings. The number of rotatable bonds is 4. The van der Waals surface area contributed by atoms with Gasteiger partial charge in [-0.2, -0.15) is 0 Å². The molecule has 2 aliphatic heterocycles. The van der Waals surface area contributed by atoms with Gasteiger partial charge in [0.2, 0.25) is 5.91 Å². The third-order valence-corrected chi connectivity index (χ3v) is 6.38. The van der Waals surface area contributed by atoms with E-state index < -0.39 is 12.1 Å². The summed E-state index contributed by atoms with van der Waals surface area (Å²) in [6, 6.07) is 17.8. The Labute approximate surface area is 203 Å². The predicted octanol–water partition coefficient (Wildman–Crippen LogP) is 2.85. The molecule has 0 bridgehead atoms. The summed E-state index contributed by atoms with van der Waals surface area (Å²) in [5, 5.41) is 2.04. The smallest absolute Gasteiger partial charge is 0.265 e. The number of piperazine rings is 1. The fraction of sp³-hybridized carbons (Fsp3) is 0.185. The lowest BCUT2D eigenvalue weighted by Gasteiger charge is -2.40. The Morgan fingerprint density at radius 1 is 1.00 bits per heavy atom. The van der Waals surface area contributed by atoms with E-state index in [9.17, 15) is 9.59 Å². The highest BCUT2D eigenvalue weighted by Gasteiger charge is 2.34. The first-order valence-electron chi connectivity index (χ1n) is 11.5. The van der Waals surface area contributed by atoms with Crippen molar-refractivity contribution in [1.82, 2.24) is 14.8 Å². The lowest BCUT2D eigenvalue weighted by molar-refractivity contribution is -0.127. The summed E-state index contributed by atoms with van der Waals surface area (Å²) in [4.78, 5) is 39.9. The lowest BCUT2D eigenvalue weighted by atomic mass is 10.0. The van der Waals surface area contributed by atoms with Crippen molar-refractivity contribution in [2.24, 2.45) is 10.7 Å². The molecule has 2 aliphatic rings. The van der Waals surface area contributed by atoms with Crippen LogP contribution in [-0.2, 0) is 9.59 Å². The van der Waals surface area contributed by atoms with Crippen molar-refractivity contribution in [3.63, 3.8) is 0 Å². The first kappa shape index (κ1) is 22.3. The van der Waals surface area contributed by atoms with Crippen LogP contribution in [0.15, 0.2) is 96.4 Å². The van der Waals surface area contributed by atoms with E-state index >= 15 is 0 Å². The van der Waals surface area contributed by atoms with E-state index in [2.05, 4.69) is 16.5 Å². The number of benzene rings is 2. The van der Waals surface area contributed by atoms with Crippen molar-refractivity contribution in [2.75, 3.05) is 31.1 Å². The van der Waals surface area contributed by atoms with Crippen molar-refractivity contribution >= 4 is 34.1 Å². The number of pyridine rings is 1. The van der Waals surface area contributed by atoms with Crippen LogP contribution in [0.2, 0.25) is 0 Å². The summed E-state index contributed by atoms with van der Waals surface area (Å²) < 4.78 is 0. The number of fused-ring (bicyclic) bond motifs is 1. The highest BCUT2D eigenvalue weighted by atomic mass is 16.2. The molecule has 8 heteroatoms. The summed E-state index contributed by atoms with van der Waals surface area (Å²) in [7, 11) is 0. The molecule has 0 spiro atoms. The minimum Gasteiger partial charge on any atom is -0.364 e. The maximum atomic E-state index is 12.8. The average molecular weight is 467 g/mol. The van der Waals surface area contributed by atoms with Crippen molar-refractivity contribution in [3.8, 4) is 0 Å². The Kier molecular flexibility index (Phi) is 6.01. The molecule has 0 aliphatic carbocycles. The fourth-order valence-corrected chi connectivity index (χ4v) is 4.62. The minimum atomic E-state index is -0.542. The standard InChI is InChI=1S/C27H26N6O2/c1-2-25(34)32-15-13-31(14-16-32)24-17-23(26(28)35)33(27(30-24)20-9-6-12-29-18-20)22-11-5-8-19-7-3-4-10-21(19)22/h2-12,17-18,27H,1,13-16H2,(H2,28,35). The molecule has 2 aromatic carbocycles. The van der Waals surface area contributed by atoms with Crippen molar-refractivity contribution < 1.29 is 9.59 Å². The average Bonchev–Trinajstić information content (AvgIpc) is 2.92. The predicted molar refractivity (Wildman–Crippen MR) is 136 cm³/mol. The molecule has 176 valence electrons. The summed E-state index contributed by atoms with van der Waals surface area (Å²) in [6.07, 6.45) is 6.01. The quantitative estimate of drug-likeness (QED) is 0.597. The van der Waals surface area contributed by atoms with Crippen molar-refractivity contribution in [1.29, 1.82) is 0 Å². The van der Waals surface area contributed by atoms with Crippen LogP contribution in [0.1, 0.15) is 11.7 Å². The van der Waals surface area contributed by atoms with Gasteiger partial charge in [-0.15, -0.1) is 0 Å². The molecular formula is C27H26N6O2. The first-order valence-corrected chi connectivity index (χ1v) is 11.5.